The van der Waals surface area contributed by atoms with Gasteiger partial charge in [0, 0.05) is 19.1 Å². The molecular formula is C14H27N3O2. The Balaban J connectivity index is 1.79. The number of nitrogens with one attached hydrogen (secondary N) is 1. The van der Waals surface area contributed by atoms with Crippen LogP contribution in [-0.4, -0.2) is 74.7 Å². The summed E-state index contributed by atoms with van der Waals surface area (Å²) >= 11 is 0. The number of esters is 1. The normalized spacial score (nSPS) is 27.4. The van der Waals surface area contributed by atoms with E-state index in [9.17, 15) is 4.79 Å². The molecule has 0 saturated carbocycles. The zero-order chi connectivity index (χ0) is 13.7. The van der Waals surface area contributed by atoms with Crippen LogP contribution in [0.1, 0.15) is 25.7 Å². The minimum Gasteiger partial charge on any atom is -0.468 e. The van der Waals surface area contributed by atoms with Crippen molar-refractivity contribution < 1.29 is 9.53 Å². The summed E-state index contributed by atoms with van der Waals surface area (Å²) in [4.78, 5) is 16.6. The van der Waals surface area contributed by atoms with E-state index in [2.05, 4.69) is 15.1 Å². The van der Waals surface area contributed by atoms with Gasteiger partial charge in [0.05, 0.1) is 7.11 Å². The molecule has 2 fully saturated rings. The summed E-state index contributed by atoms with van der Waals surface area (Å²) in [6.45, 7) is 5.45. The molecule has 5 nitrogen and oxygen atoms in total. The first-order valence-corrected chi connectivity index (χ1v) is 7.46. The highest BCUT2D eigenvalue weighted by atomic mass is 16.5. The second-order valence-corrected chi connectivity index (χ2v) is 5.66. The van der Waals surface area contributed by atoms with E-state index in [0.29, 0.717) is 6.04 Å². The predicted molar refractivity (Wildman–Crippen MR) is 75.1 cm³/mol. The highest BCUT2D eigenvalue weighted by Gasteiger charge is 2.30. The molecule has 2 unspecified atom stereocenters. The van der Waals surface area contributed by atoms with Gasteiger partial charge < -0.3 is 10.1 Å². The molecule has 2 aliphatic rings. The highest BCUT2D eigenvalue weighted by molar-refractivity contribution is 5.75. The van der Waals surface area contributed by atoms with Gasteiger partial charge in [0.15, 0.2) is 0 Å². The molecule has 0 aromatic heterocycles. The standard InChI is InChI=1S/C14H27N3O2/c1-15-13(14(18)19-2)11-16-9-6-12(10-16)17-7-4-3-5-8-17/h12-13,15H,3-11H2,1-2H3. The van der Waals surface area contributed by atoms with Crippen LogP contribution < -0.4 is 5.32 Å². The maximum atomic E-state index is 11.6. The number of nitrogens with zero attached hydrogens (tertiary/aromatic N) is 2. The van der Waals surface area contributed by atoms with Gasteiger partial charge in [0.2, 0.25) is 0 Å². The number of ether oxygens (including phenoxy) is 1. The van der Waals surface area contributed by atoms with E-state index in [0.717, 1.165) is 19.6 Å². The third kappa shape index (κ3) is 3.91. The van der Waals surface area contributed by atoms with Crippen molar-refractivity contribution in [1.29, 1.82) is 0 Å². The number of rotatable bonds is 5. The zero-order valence-electron chi connectivity index (χ0n) is 12.2. The molecule has 5 heteroatoms. The average molecular weight is 269 g/mol. The second kappa shape index (κ2) is 7.22. The molecule has 0 spiro atoms. The molecular weight excluding hydrogens is 242 g/mol. The number of carbonyl (C=O) groups is 1. The van der Waals surface area contributed by atoms with Crippen LogP contribution in [0.2, 0.25) is 0 Å². The molecule has 0 radical (unpaired) electrons. The first-order chi connectivity index (χ1) is 9.24. The number of hydrogen-bond donors (Lipinski definition) is 1. The number of hydrogen-bond acceptors (Lipinski definition) is 5. The van der Waals surface area contributed by atoms with E-state index in [1.807, 2.05) is 7.05 Å². The molecule has 0 amide bonds. The van der Waals surface area contributed by atoms with Crippen LogP contribution in [0.4, 0.5) is 0 Å². The van der Waals surface area contributed by atoms with E-state index in [1.165, 1.54) is 45.9 Å². The lowest BCUT2D eigenvalue weighted by atomic mass is 10.1. The summed E-state index contributed by atoms with van der Waals surface area (Å²) in [7, 11) is 3.27. The molecule has 2 heterocycles. The second-order valence-electron chi connectivity index (χ2n) is 5.66. The van der Waals surface area contributed by atoms with Crippen LogP contribution >= 0.6 is 0 Å². The van der Waals surface area contributed by atoms with Crippen molar-refractivity contribution >= 4 is 5.97 Å². The van der Waals surface area contributed by atoms with Crippen LogP contribution in [0, 0.1) is 0 Å². The topological polar surface area (TPSA) is 44.8 Å². The zero-order valence-corrected chi connectivity index (χ0v) is 12.2. The molecule has 0 aromatic carbocycles. The molecule has 0 aliphatic carbocycles. The maximum Gasteiger partial charge on any atom is 0.324 e. The maximum absolute atomic E-state index is 11.6. The Labute approximate surface area is 116 Å². The quantitative estimate of drug-likeness (QED) is 0.728. The summed E-state index contributed by atoms with van der Waals surface area (Å²) in [5, 5.41) is 3.04. The smallest absolute Gasteiger partial charge is 0.324 e. The van der Waals surface area contributed by atoms with E-state index in [-0.39, 0.29) is 12.0 Å². The largest absolute Gasteiger partial charge is 0.468 e. The number of methoxy groups -OCH3 is 1. The first kappa shape index (κ1) is 14.8. The summed E-state index contributed by atoms with van der Waals surface area (Å²) in [6, 6.07) is 0.487. The van der Waals surface area contributed by atoms with Gasteiger partial charge in [-0.15, -0.1) is 0 Å². The molecule has 2 rings (SSSR count). The van der Waals surface area contributed by atoms with E-state index in [1.54, 1.807) is 0 Å². The molecule has 1 N–H and O–H groups in total. The molecule has 0 aromatic rings. The van der Waals surface area contributed by atoms with Crippen molar-refractivity contribution in [2.24, 2.45) is 0 Å². The fourth-order valence-electron chi connectivity index (χ4n) is 3.24. The van der Waals surface area contributed by atoms with Gasteiger partial charge in [-0.3, -0.25) is 14.6 Å². The van der Waals surface area contributed by atoms with Crippen LogP contribution in [-0.2, 0) is 9.53 Å². The van der Waals surface area contributed by atoms with E-state index >= 15 is 0 Å². The average Bonchev–Trinajstić information content (AvgIpc) is 2.93. The molecule has 19 heavy (non-hydrogen) atoms. The minimum atomic E-state index is -0.204. The van der Waals surface area contributed by atoms with Crippen molar-refractivity contribution in [2.75, 3.05) is 46.9 Å². The third-order valence-electron chi connectivity index (χ3n) is 4.43. The number of carbonyl (C=O) groups excluding carboxylic acids is 1. The van der Waals surface area contributed by atoms with Crippen molar-refractivity contribution in [1.82, 2.24) is 15.1 Å². The number of piperidine rings is 1. The SMILES string of the molecule is CNC(CN1CCC(N2CCCCC2)C1)C(=O)OC. The number of likely N-dealkylation sites (N-methyl/N-ethyl adjacent to an activating group) is 1. The third-order valence-corrected chi connectivity index (χ3v) is 4.43. The van der Waals surface area contributed by atoms with Crippen molar-refractivity contribution in [3.05, 3.63) is 0 Å². The fourth-order valence-corrected chi connectivity index (χ4v) is 3.24. The van der Waals surface area contributed by atoms with Gasteiger partial charge in [-0.25, -0.2) is 0 Å². The van der Waals surface area contributed by atoms with Crippen molar-refractivity contribution in [2.45, 2.75) is 37.8 Å². The molecule has 2 atom stereocenters. The first-order valence-electron chi connectivity index (χ1n) is 7.46. The Morgan fingerprint density at radius 2 is 2.05 bits per heavy atom. The molecule has 2 aliphatic heterocycles. The monoisotopic (exact) mass is 269 g/mol. The van der Waals surface area contributed by atoms with Gasteiger partial charge >= 0.3 is 5.97 Å². The Morgan fingerprint density at radius 1 is 1.32 bits per heavy atom. The van der Waals surface area contributed by atoms with Crippen molar-refractivity contribution in [3.63, 3.8) is 0 Å². The highest BCUT2D eigenvalue weighted by Crippen LogP contribution is 2.20. The van der Waals surface area contributed by atoms with Crippen LogP contribution in [0.25, 0.3) is 0 Å². The van der Waals surface area contributed by atoms with E-state index in [4.69, 9.17) is 4.74 Å². The molecule has 0 bridgehead atoms. The lowest BCUT2D eigenvalue weighted by molar-refractivity contribution is -0.143. The van der Waals surface area contributed by atoms with Crippen LogP contribution in [0.5, 0.6) is 0 Å². The molecule has 2 saturated heterocycles. The van der Waals surface area contributed by atoms with Gasteiger partial charge in [-0.2, -0.15) is 0 Å². The minimum absolute atomic E-state index is 0.163. The fraction of sp³-hybridized carbons (Fsp3) is 0.929. The Morgan fingerprint density at radius 3 is 2.68 bits per heavy atom. The molecule has 110 valence electrons. The van der Waals surface area contributed by atoms with Crippen molar-refractivity contribution in [3.8, 4) is 0 Å². The van der Waals surface area contributed by atoms with Crippen LogP contribution in [0.15, 0.2) is 0 Å². The lowest BCUT2D eigenvalue weighted by Gasteiger charge is -2.32. The van der Waals surface area contributed by atoms with Gasteiger partial charge in [-0.1, -0.05) is 6.42 Å². The predicted octanol–water partition coefficient (Wildman–Crippen LogP) is 0.308. The van der Waals surface area contributed by atoms with Crippen LogP contribution in [0.3, 0.4) is 0 Å². The summed E-state index contributed by atoms with van der Waals surface area (Å²) in [5.41, 5.74) is 0. The summed E-state index contributed by atoms with van der Waals surface area (Å²) < 4.78 is 4.82. The van der Waals surface area contributed by atoms with Gasteiger partial charge in [-0.05, 0) is 45.9 Å². The summed E-state index contributed by atoms with van der Waals surface area (Å²) in [6.07, 6.45) is 5.31. The summed E-state index contributed by atoms with van der Waals surface area (Å²) in [5.74, 6) is -0.163. The Kier molecular flexibility index (Phi) is 5.60. The number of likely N-dealkylation sites (tertiary alicyclic amines) is 2. The lowest BCUT2D eigenvalue weighted by Crippen LogP contribution is -2.46. The van der Waals surface area contributed by atoms with E-state index < -0.39 is 0 Å². The Bertz CT molecular complexity index is 292. The van der Waals surface area contributed by atoms with Gasteiger partial charge in [0.25, 0.3) is 0 Å². The Hall–Kier alpha value is -0.650. The van der Waals surface area contributed by atoms with Gasteiger partial charge in [0.1, 0.15) is 6.04 Å².